The van der Waals surface area contributed by atoms with Gasteiger partial charge in [0.15, 0.2) is 11.9 Å². The zero-order chi connectivity index (χ0) is 27.9. The van der Waals surface area contributed by atoms with Crippen molar-refractivity contribution in [2.24, 2.45) is 28.6 Å². The summed E-state index contributed by atoms with van der Waals surface area (Å²) in [7, 11) is 1.28. The predicted molar refractivity (Wildman–Crippen MR) is 134 cm³/mol. The molecule has 2 aromatic rings. The summed E-state index contributed by atoms with van der Waals surface area (Å²) in [4.78, 5) is 65.7. The van der Waals surface area contributed by atoms with Gasteiger partial charge in [-0.05, 0) is 48.3 Å². The van der Waals surface area contributed by atoms with Crippen LogP contribution < -0.4 is 5.32 Å². The highest BCUT2D eigenvalue weighted by molar-refractivity contribution is 6.03. The Kier molecular flexibility index (Phi) is 6.82. The maximum Gasteiger partial charge on any atom is 0.414 e. The van der Waals surface area contributed by atoms with Crippen molar-refractivity contribution in [3.63, 3.8) is 0 Å². The number of carbonyl (C=O) groups is 5. The van der Waals surface area contributed by atoms with Crippen molar-refractivity contribution in [1.82, 2.24) is 5.32 Å². The molecule has 2 amide bonds. The summed E-state index contributed by atoms with van der Waals surface area (Å²) in [5.41, 5.74) is -0.816. The molecule has 1 aromatic carbocycles. The molecule has 206 valence electrons. The van der Waals surface area contributed by atoms with Gasteiger partial charge >= 0.3 is 18.0 Å². The molecule has 0 unspecified atom stereocenters. The van der Waals surface area contributed by atoms with E-state index in [0.29, 0.717) is 24.8 Å². The van der Waals surface area contributed by atoms with E-state index in [1.807, 2.05) is 13.8 Å². The summed E-state index contributed by atoms with van der Waals surface area (Å²) in [6.07, 6.45) is 1.07. The molecule has 10 heteroatoms. The minimum atomic E-state index is -1.31. The molecule has 1 aliphatic heterocycles. The summed E-state index contributed by atoms with van der Waals surface area (Å²) in [5, 5.41) is 2.15. The van der Waals surface area contributed by atoms with E-state index in [1.54, 1.807) is 24.3 Å². The molecule has 0 bridgehead atoms. The third-order valence-electron chi connectivity index (χ3n) is 9.00. The highest BCUT2D eigenvalue weighted by atomic mass is 16.6. The number of rotatable bonds is 4. The van der Waals surface area contributed by atoms with E-state index in [9.17, 15) is 24.0 Å². The van der Waals surface area contributed by atoms with Gasteiger partial charge in [0.1, 0.15) is 6.10 Å². The molecule has 1 aromatic heterocycles. The molecule has 1 saturated heterocycles. The summed E-state index contributed by atoms with van der Waals surface area (Å²) < 4.78 is 21.6. The first-order valence-corrected chi connectivity index (χ1v) is 13.0. The largest absolute Gasteiger partial charge is 0.472 e. The maximum atomic E-state index is 14.2. The second-order valence-corrected chi connectivity index (χ2v) is 11.2. The Morgan fingerprint density at radius 1 is 1.05 bits per heavy atom. The standard InChI is InChI=1S/C29H31NO9/c1-28-11-9-18-26(34)38-21(17-10-12-37-15-17)14-29(18,2)23(28)22(31)20(13-19(28)25(33)36-3)39-27(35)30-24(32)16-7-5-4-6-8-16/h4-8,10,12,15,18-21,23H,9,11,13-14H2,1-3H3,(H,30,32,35)/t18-,19-,20-,21-,23-,28-,29-/m0/s1. The van der Waals surface area contributed by atoms with Gasteiger partial charge in [-0.3, -0.25) is 24.5 Å². The molecule has 10 nitrogen and oxygen atoms in total. The van der Waals surface area contributed by atoms with Crippen molar-refractivity contribution in [3.8, 4) is 0 Å². The van der Waals surface area contributed by atoms with E-state index in [0.717, 1.165) is 0 Å². The molecule has 5 rings (SSSR count). The van der Waals surface area contributed by atoms with Crippen LogP contribution in [0.2, 0.25) is 0 Å². The Morgan fingerprint density at radius 2 is 1.79 bits per heavy atom. The Labute approximate surface area is 225 Å². The van der Waals surface area contributed by atoms with Crippen LogP contribution in [0, 0.1) is 28.6 Å². The first-order valence-electron chi connectivity index (χ1n) is 13.0. The van der Waals surface area contributed by atoms with Crippen LogP contribution in [0.3, 0.4) is 0 Å². The first kappa shape index (κ1) is 26.6. The Morgan fingerprint density at radius 3 is 2.46 bits per heavy atom. The molecular formula is C29H31NO9. The smallest absolute Gasteiger partial charge is 0.414 e. The van der Waals surface area contributed by atoms with E-state index in [-0.39, 0.29) is 17.8 Å². The fourth-order valence-corrected chi connectivity index (χ4v) is 7.18. The minimum absolute atomic E-state index is 0.0815. The van der Waals surface area contributed by atoms with Crippen molar-refractivity contribution in [3.05, 3.63) is 60.1 Å². The monoisotopic (exact) mass is 537 g/mol. The SMILES string of the molecule is COC(=O)[C@@H]1C[C@H](OC(=O)NC(=O)c2ccccc2)C(=O)[C@H]2[C@@]1(C)CC[C@H]1C(=O)O[C@H](c3ccoc3)C[C@]21C. The number of ketones is 1. The van der Waals surface area contributed by atoms with Crippen LogP contribution >= 0.6 is 0 Å². The second kappa shape index (κ2) is 9.98. The molecule has 2 saturated carbocycles. The average Bonchev–Trinajstić information content (AvgIpc) is 3.45. The third-order valence-corrected chi connectivity index (χ3v) is 9.00. The number of benzene rings is 1. The molecular weight excluding hydrogens is 506 g/mol. The number of Topliss-reactive ketones (excluding diaryl/α,β-unsaturated/α-hetero) is 1. The number of nitrogens with one attached hydrogen (secondary N) is 1. The normalized spacial score (nSPS) is 33.7. The number of carbonyl (C=O) groups excluding carboxylic acids is 5. The summed E-state index contributed by atoms with van der Waals surface area (Å²) in [5.74, 6) is -4.14. The van der Waals surface area contributed by atoms with Gasteiger partial charge in [0.25, 0.3) is 5.91 Å². The van der Waals surface area contributed by atoms with Crippen LogP contribution in [-0.4, -0.2) is 42.9 Å². The predicted octanol–water partition coefficient (Wildman–Crippen LogP) is 4.00. The molecule has 3 fully saturated rings. The van der Waals surface area contributed by atoms with Gasteiger partial charge in [0.05, 0.1) is 31.5 Å². The van der Waals surface area contributed by atoms with Crippen molar-refractivity contribution >= 4 is 29.7 Å². The molecule has 2 heterocycles. The van der Waals surface area contributed by atoms with Gasteiger partial charge in [-0.25, -0.2) is 4.79 Å². The van der Waals surface area contributed by atoms with Crippen molar-refractivity contribution in [2.45, 2.75) is 51.7 Å². The number of hydrogen-bond acceptors (Lipinski definition) is 9. The first-order chi connectivity index (χ1) is 18.6. The number of alkyl carbamates (subject to hydrolysis) is 1. The Balaban J connectivity index is 1.46. The molecule has 1 N–H and O–H groups in total. The van der Waals surface area contributed by atoms with Crippen LogP contribution in [0.25, 0.3) is 0 Å². The van der Waals surface area contributed by atoms with E-state index >= 15 is 0 Å². The fraction of sp³-hybridized carbons (Fsp3) is 0.483. The van der Waals surface area contributed by atoms with E-state index in [1.165, 1.54) is 31.8 Å². The summed E-state index contributed by atoms with van der Waals surface area (Å²) >= 11 is 0. The second-order valence-electron chi connectivity index (χ2n) is 11.2. The number of amides is 2. The van der Waals surface area contributed by atoms with E-state index < -0.39 is 64.7 Å². The van der Waals surface area contributed by atoms with Crippen molar-refractivity contribution < 1.29 is 42.6 Å². The molecule has 7 atom stereocenters. The van der Waals surface area contributed by atoms with Crippen LogP contribution in [0.1, 0.15) is 61.6 Å². The number of hydrogen-bond donors (Lipinski definition) is 1. The van der Waals surface area contributed by atoms with Crippen LogP contribution in [0.15, 0.2) is 53.3 Å². The molecule has 3 aliphatic rings. The van der Waals surface area contributed by atoms with E-state index in [2.05, 4.69) is 5.32 Å². The third kappa shape index (κ3) is 4.51. The zero-order valence-corrected chi connectivity index (χ0v) is 22.0. The number of esters is 2. The van der Waals surface area contributed by atoms with Gasteiger partial charge < -0.3 is 18.6 Å². The number of ether oxygens (including phenoxy) is 3. The highest BCUT2D eigenvalue weighted by Crippen LogP contribution is 2.65. The van der Waals surface area contributed by atoms with Gasteiger partial charge in [0, 0.05) is 23.5 Å². The minimum Gasteiger partial charge on any atom is -0.472 e. The van der Waals surface area contributed by atoms with Crippen LogP contribution in [-0.2, 0) is 28.6 Å². The summed E-state index contributed by atoms with van der Waals surface area (Å²) in [6.45, 7) is 3.75. The lowest BCUT2D eigenvalue weighted by Crippen LogP contribution is -2.65. The molecule has 39 heavy (non-hydrogen) atoms. The quantitative estimate of drug-likeness (QED) is 0.453. The Hall–Kier alpha value is -3.95. The maximum absolute atomic E-state index is 14.2. The zero-order valence-electron chi connectivity index (χ0n) is 22.0. The number of furan rings is 1. The fourth-order valence-electron chi connectivity index (χ4n) is 7.18. The highest BCUT2D eigenvalue weighted by Gasteiger charge is 2.67. The Bertz CT molecular complexity index is 1290. The topological polar surface area (TPSA) is 138 Å². The lowest BCUT2D eigenvalue weighted by atomic mass is 9.43. The number of imide groups is 1. The van der Waals surface area contributed by atoms with Crippen LogP contribution in [0.4, 0.5) is 4.79 Å². The lowest BCUT2D eigenvalue weighted by molar-refractivity contribution is -0.207. The number of cyclic esters (lactones) is 1. The van der Waals surface area contributed by atoms with Crippen molar-refractivity contribution in [2.75, 3.05) is 7.11 Å². The van der Waals surface area contributed by atoms with Gasteiger partial charge in [-0.1, -0.05) is 32.0 Å². The van der Waals surface area contributed by atoms with Gasteiger partial charge in [-0.15, -0.1) is 0 Å². The van der Waals surface area contributed by atoms with E-state index in [4.69, 9.17) is 18.6 Å². The summed E-state index contributed by atoms with van der Waals surface area (Å²) in [6, 6.07) is 9.82. The number of fused-ring (bicyclic) bond motifs is 3. The molecule has 0 radical (unpaired) electrons. The van der Waals surface area contributed by atoms with Gasteiger partial charge in [-0.2, -0.15) is 0 Å². The lowest BCUT2D eigenvalue weighted by Gasteiger charge is -2.60. The average molecular weight is 538 g/mol. The molecule has 2 aliphatic carbocycles. The number of methoxy groups -OCH3 is 1. The van der Waals surface area contributed by atoms with Crippen LogP contribution in [0.5, 0.6) is 0 Å². The molecule has 0 spiro atoms. The van der Waals surface area contributed by atoms with Crippen molar-refractivity contribution in [1.29, 1.82) is 0 Å². The van der Waals surface area contributed by atoms with Gasteiger partial charge in [0.2, 0.25) is 0 Å².